The zero-order valence-corrected chi connectivity index (χ0v) is 8.31. The number of para-hydroxylation sites is 1. The maximum absolute atomic E-state index is 4.32. The monoisotopic (exact) mass is 198 g/mol. The van der Waals surface area contributed by atoms with Crippen LogP contribution in [0.4, 0.5) is 0 Å². The number of H-pyrrole nitrogens is 1. The summed E-state index contributed by atoms with van der Waals surface area (Å²) in [5, 5.41) is 12.6. The summed E-state index contributed by atoms with van der Waals surface area (Å²) in [6.45, 7) is 1.99. The van der Waals surface area contributed by atoms with Crippen LogP contribution in [-0.4, -0.2) is 20.0 Å². The highest BCUT2D eigenvalue weighted by molar-refractivity contribution is 5.78. The number of nitrogens with zero attached hydrogens (tertiary/aromatic N) is 3. The molecule has 0 unspecified atom stereocenters. The van der Waals surface area contributed by atoms with Crippen molar-refractivity contribution in [1.29, 1.82) is 0 Å². The van der Waals surface area contributed by atoms with Crippen LogP contribution in [0.5, 0.6) is 0 Å². The zero-order chi connectivity index (χ0) is 10.3. The topological polar surface area (TPSA) is 46.5 Å². The van der Waals surface area contributed by atoms with Gasteiger partial charge in [0, 0.05) is 5.69 Å². The molecule has 1 N–H and O–H groups in total. The van der Waals surface area contributed by atoms with Crippen molar-refractivity contribution in [3.05, 3.63) is 42.2 Å². The average Bonchev–Trinajstić information content (AvgIpc) is 2.83. The van der Waals surface area contributed by atoms with Crippen LogP contribution < -0.4 is 0 Å². The second kappa shape index (κ2) is 2.95. The fourth-order valence-electron chi connectivity index (χ4n) is 1.67. The van der Waals surface area contributed by atoms with E-state index in [1.165, 1.54) is 0 Å². The van der Waals surface area contributed by atoms with Crippen molar-refractivity contribution in [2.45, 2.75) is 6.92 Å². The lowest BCUT2D eigenvalue weighted by atomic mass is 10.3. The Morgan fingerprint density at radius 2 is 2.00 bits per heavy atom. The third-order valence-corrected chi connectivity index (χ3v) is 2.48. The number of hydrogen-bond acceptors (Lipinski definition) is 2. The summed E-state index contributed by atoms with van der Waals surface area (Å²) in [7, 11) is 0. The van der Waals surface area contributed by atoms with Crippen LogP contribution in [0.3, 0.4) is 0 Å². The van der Waals surface area contributed by atoms with E-state index < -0.39 is 0 Å². The van der Waals surface area contributed by atoms with Gasteiger partial charge in [-0.15, -0.1) is 0 Å². The molecule has 4 nitrogen and oxygen atoms in total. The highest BCUT2D eigenvalue weighted by atomic mass is 15.3. The van der Waals surface area contributed by atoms with Gasteiger partial charge in [0.15, 0.2) is 5.65 Å². The van der Waals surface area contributed by atoms with Gasteiger partial charge in [0.1, 0.15) is 0 Å². The fraction of sp³-hybridized carbons (Fsp3) is 0.0909. The third-order valence-electron chi connectivity index (χ3n) is 2.48. The molecule has 2 aromatic heterocycles. The van der Waals surface area contributed by atoms with Crippen molar-refractivity contribution in [2.75, 3.05) is 0 Å². The van der Waals surface area contributed by atoms with Crippen LogP contribution in [0.15, 0.2) is 36.5 Å². The summed E-state index contributed by atoms with van der Waals surface area (Å²) < 4.78 is 1.83. The number of hydrogen-bond donors (Lipinski definition) is 1. The van der Waals surface area contributed by atoms with E-state index >= 15 is 0 Å². The Morgan fingerprint density at radius 3 is 2.80 bits per heavy atom. The van der Waals surface area contributed by atoms with E-state index in [2.05, 4.69) is 15.3 Å². The van der Waals surface area contributed by atoms with E-state index in [0.717, 1.165) is 22.4 Å². The number of rotatable bonds is 1. The highest BCUT2D eigenvalue weighted by Crippen LogP contribution is 2.17. The minimum absolute atomic E-state index is 0.874. The molecular weight excluding hydrogens is 188 g/mol. The molecule has 0 atom stereocenters. The highest BCUT2D eigenvalue weighted by Gasteiger charge is 2.08. The third kappa shape index (κ3) is 1.15. The molecule has 0 aliphatic heterocycles. The molecule has 0 aliphatic rings. The Balaban J connectivity index is 2.28. The Labute approximate surface area is 86.5 Å². The van der Waals surface area contributed by atoms with Crippen molar-refractivity contribution in [3.63, 3.8) is 0 Å². The first-order valence-corrected chi connectivity index (χ1v) is 4.80. The lowest BCUT2D eigenvalue weighted by molar-refractivity contribution is 0.879. The minimum atomic E-state index is 0.874. The molecule has 2 heterocycles. The van der Waals surface area contributed by atoms with Crippen LogP contribution in [-0.2, 0) is 0 Å². The van der Waals surface area contributed by atoms with E-state index in [-0.39, 0.29) is 0 Å². The molecule has 4 heteroatoms. The van der Waals surface area contributed by atoms with E-state index in [9.17, 15) is 0 Å². The van der Waals surface area contributed by atoms with Gasteiger partial charge in [-0.3, -0.25) is 5.10 Å². The Bertz CT molecular complexity index is 591. The van der Waals surface area contributed by atoms with E-state index in [0.29, 0.717) is 0 Å². The van der Waals surface area contributed by atoms with Gasteiger partial charge >= 0.3 is 0 Å². The van der Waals surface area contributed by atoms with Crippen LogP contribution in [0.2, 0.25) is 0 Å². The number of aromatic nitrogens is 4. The summed E-state index contributed by atoms with van der Waals surface area (Å²) in [6, 6.07) is 9.98. The van der Waals surface area contributed by atoms with Gasteiger partial charge in [-0.05, 0) is 19.1 Å². The first kappa shape index (κ1) is 8.23. The van der Waals surface area contributed by atoms with Gasteiger partial charge in [-0.25, -0.2) is 4.68 Å². The van der Waals surface area contributed by atoms with Gasteiger partial charge in [-0.2, -0.15) is 10.2 Å². The second-order valence-corrected chi connectivity index (χ2v) is 3.48. The summed E-state index contributed by atoms with van der Waals surface area (Å²) in [6.07, 6.45) is 1.83. The van der Waals surface area contributed by atoms with Gasteiger partial charge < -0.3 is 0 Å². The van der Waals surface area contributed by atoms with Gasteiger partial charge in [0.2, 0.25) is 0 Å². The minimum Gasteiger partial charge on any atom is -0.280 e. The molecule has 0 saturated heterocycles. The number of benzene rings is 1. The molecule has 0 fully saturated rings. The molecule has 74 valence electrons. The van der Waals surface area contributed by atoms with E-state index in [1.54, 1.807) is 0 Å². The van der Waals surface area contributed by atoms with E-state index in [4.69, 9.17) is 0 Å². The Morgan fingerprint density at radius 1 is 1.20 bits per heavy atom. The molecule has 0 radical (unpaired) electrons. The number of aromatic amines is 1. The van der Waals surface area contributed by atoms with Crippen molar-refractivity contribution in [3.8, 4) is 5.69 Å². The maximum atomic E-state index is 4.32. The van der Waals surface area contributed by atoms with Crippen molar-refractivity contribution < 1.29 is 0 Å². The van der Waals surface area contributed by atoms with Gasteiger partial charge in [0.25, 0.3) is 0 Å². The van der Waals surface area contributed by atoms with Crippen molar-refractivity contribution in [2.24, 2.45) is 0 Å². The quantitative estimate of drug-likeness (QED) is 0.650. The molecule has 0 spiro atoms. The first-order valence-electron chi connectivity index (χ1n) is 4.80. The molecular formula is C11H10N4. The first-order chi connectivity index (χ1) is 7.36. The van der Waals surface area contributed by atoms with Crippen LogP contribution in [0.25, 0.3) is 16.7 Å². The number of aryl methyl sites for hydroxylation is 1. The van der Waals surface area contributed by atoms with Crippen LogP contribution >= 0.6 is 0 Å². The predicted octanol–water partition coefficient (Wildman–Crippen LogP) is 2.06. The zero-order valence-electron chi connectivity index (χ0n) is 8.31. The second-order valence-electron chi connectivity index (χ2n) is 3.48. The fourth-order valence-corrected chi connectivity index (χ4v) is 1.67. The number of nitrogens with one attached hydrogen (secondary N) is 1. The summed E-state index contributed by atoms with van der Waals surface area (Å²) in [4.78, 5) is 0. The normalized spacial score (nSPS) is 11.0. The average molecular weight is 198 g/mol. The molecule has 1 aromatic carbocycles. The van der Waals surface area contributed by atoms with Gasteiger partial charge in [-0.1, -0.05) is 18.2 Å². The number of fused-ring (bicyclic) bond motifs is 1. The lowest BCUT2D eigenvalue weighted by Crippen LogP contribution is -1.95. The van der Waals surface area contributed by atoms with Gasteiger partial charge in [0.05, 0.1) is 17.3 Å². The largest absolute Gasteiger partial charge is 0.280 e. The molecule has 0 aliphatic carbocycles. The molecule has 3 rings (SSSR count). The molecule has 0 bridgehead atoms. The Hall–Kier alpha value is -2.10. The summed E-state index contributed by atoms with van der Waals surface area (Å²) in [5.41, 5.74) is 2.95. The Kier molecular flexibility index (Phi) is 1.62. The summed E-state index contributed by atoms with van der Waals surface area (Å²) in [5.74, 6) is 0. The molecule has 0 saturated carbocycles. The predicted molar refractivity (Wildman–Crippen MR) is 58.0 cm³/mol. The SMILES string of the molecule is Cc1[nH]nc2c1cnn2-c1ccccc1. The lowest BCUT2D eigenvalue weighted by Gasteiger charge is -1.99. The molecule has 3 aromatic rings. The van der Waals surface area contributed by atoms with Crippen LogP contribution in [0.1, 0.15) is 5.69 Å². The standard InChI is InChI=1S/C11H10N4/c1-8-10-7-12-15(11(10)14-13-8)9-5-3-2-4-6-9/h2-7H,1H3,(H,13,14). The van der Waals surface area contributed by atoms with Crippen molar-refractivity contribution in [1.82, 2.24) is 20.0 Å². The van der Waals surface area contributed by atoms with E-state index in [1.807, 2.05) is 48.1 Å². The smallest absolute Gasteiger partial charge is 0.184 e. The molecule has 15 heavy (non-hydrogen) atoms. The molecule has 0 amide bonds. The van der Waals surface area contributed by atoms with Crippen molar-refractivity contribution >= 4 is 11.0 Å². The van der Waals surface area contributed by atoms with Crippen LogP contribution in [0, 0.1) is 6.92 Å². The maximum Gasteiger partial charge on any atom is 0.184 e. The summed E-state index contributed by atoms with van der Waals surface area (Å²) >= 11 is 0.